The van der Waals surface area contributed by atoms with Gasteiger partial charge in [0.25, 0.3) is 0 Å². The third kappa shape index (κ3) is 5.50. The number of nitrogens with zero attached hydrogens (tertiary/aromatic N) is 6. The molecule has 5 aromatic rings. The van der Waals surface area contributed by atoms with Crippen molar-refractivity contribution in [2.75, 3.05) is 12.4 Å². The topological polar surface area (TPSA) is 91.9 Å². The van der Waals surface area contributed by atoms with Crippen molar-refractivity contribution in [3.05, 3.63) is 53.6 Å². The SMILES string of the molecule is CNc1ccc2sc(CC[C@H]3O[C@@H](n4cc(-c5ccn(C)n5)c5c(C)ncnc54)[C@@H](F)[C@@H]3O[Si](C)(C)C(C)(C)C)cc2n1. The number of nitrogens with one attached hydrogen (secondary N) is 1. The number of halogens is 1. The smallest absolute Gasteiger partial charge is 0.192 e. The summed E-state index contributed by atoms with van der Waals surface area (Å²) in [7, 11) is 1.43. The van der Waals surface area contributed by atoms with Crippen LogP contribution in [0.4, 0.5) is 10.2 Å². The van der Waals surface area contributed by atoms with Crippen molar-refractivity contribution < 1.29 is 13.6 Å². The van der Waals surface area contributed by atoms with Crippen LogP contribution in [-0.4, -0.2) is 63.0 Å². The quantitative estimate of drug-likeness (QED) is 0.186. The molecule has 6 rings (SSSR count). The number of pyridine rings is 1. The van der Waals surface area contributed by atoms with Gasteiger partial charge in [0.15, 0.2) is 20.7 Å². The molecule has 0 unspecified atom stereocenters. The molecule has 43 heavy (non-hydrogen) atoms. The lowest BCUT2D eigenvalue weighted by molar-refractivity contribution is -0.0243. The predicted octanol–water partition coefficient (Wildman–Crippen LogP) is 7.05. The molecule has 0 amide bonds. The van der Waals surface area contributed by atoms with Crippen LogP contribution in [0, 0.1) is 6.92 Å². The number of fused-ring (bicyclic) bond motifs is 2. The zero-order valence-electron chi connectivity index (χ0n) is 26.1. The fourth-order valence-corrected chi connectivity index (χ4v) is 7.85. The summed E-state index contributed by atoms with van der Waals surface area (Å²) in [5.41, 5.74) is 4.04. The number of thiophene rings is 1. The molecule has 9 nitrogen and oxygen atoms in total. The van der Waals surface area contributed by atoms with Gasteiger partial charge in [0.1, 0.15) is 23.9 Å². The molecule has 0 saturated carbocycles. The Bertz CT molecular complexity index is 1770. The third-order valence-electron chi connectivity index (χ3n) is 8.92. The van der Waals surface area contributed by atoms with Gasteiger partial charge in [-0.25, -0.2) is 19.3 Å². The molecule has 1 saturated heterocycles. The van der Waals surface area contributed by atoms with E-state index in [1.54, 1.807) is 16.0 Å². The Balaban J connectivity index is 1.35. The van der Waals surface area contributed by atoms with Gasteiger partial charge in [0.2, 0.25) is 0 Å². The van der Waals surface area contributed by atoms with Crippen molar-refractivity contribution >= 4 is 46.7 Å². The lowest BCUT2D eigenvalue weighted by atomic mass is 10.1. The standard InChI is InChI=1S/C31H40FN7O2SSi/c1-18-26-20(21-13-14-38(6)37-21)16-39(29(26)35-17-34-18)30-27(32)28(41-43(7,8)31(2,3)4)23(40-30)10-9-19-15-22-24(42-19)11-12-25(33-5)36-22/h11-17,23,27-28,30H,9-10H2,1-8H3,(H,33,36)/t23-,27+,28-,30-/m1/s1. The molecular weight excluding hydrogens is 582 g/mol. The average molecular weight is 622 g/mol. The van der Waals surface area contributed by atoms with Gasteiger partial charge < -0.3 is 19.0 Å². The molecule has 1 aliphatic heterocycles. The van der Waals surface area contributed by atoms with E-state index in [-0.39, 0.29) is 5.04 Å². The number of anilines is 1. The summed E-state index contributed by atoms with van der Waals surface area (Å²) >= 11 is 1.72. The molecule has 0 spiro atoms. The van der Waals surface area contributed by atoms with Crippen LogP contribution in [-0.2, 0) is 22.6 Å². The van der Waals surface area contributed by atoms with E-state index in [1.165, 1.54) is 11.2 Å². The Morgan fingerprint density at radius 3 is 2.67 bits per heavy atom. The molecule has 5 aromatic heterocycles. The average Bonchev–Trinajstić information content (AvgIpc) is 3.72. The Morgan fingerprint density at radius 1 is 1.19 bits per heavy atom. The maximum atomic E-state index is 16.8. The van der Waals surface area contributed by atoms with E-state index in [0.717, 1.165) is 44.8 Å². The van der Waals surface area contributed by atoms with E-state index in [1.807, 2.05) is 50.1 Å². The van der Waals surface area contributed by atoms with Crippen LogP contribution in [0.25, 0.3) is 32.5 Å². The number of hydrogen-bond acceptors (Lipinski definition) is 8. The van der Waals surface area contributed by atoms with Crippen LogP contribution in [0.15, 0.2) is 43.0 Å². The van der Waals surface area contributed by atoms with Crippen molar-refractivity contribution in [2.24, 2.45) is 7.05 Å². The molecule has 6 heterocycles. The normalized spacial score (nSPS) is 21.3. The first-order chi connectivity index (χ1) is 20.4. The van der Waals surface area contributed by atoms with E-state index in [0.29, 0.717) is 12.1 Å². The number of alkyl halides is 1. The molecule has 4 atom stereocenters. The van der Waals surface area contributed by atoms with E-state index in [2.05, 4.69) is 71.4 Å². The Labute approximate surface area is 256 Å². The van der Waals surface area contributed by atoms with Gasteiger partial charge in [-0.1, -0.05) is 20.8 Å². The van der Waals surface area contributed by atoms with E-state index < -0.39 is 32.9 Å². The van der Waals surface area contributed by atoms with E-state index in [9.17, 15) is 0 Å². The fraction of sp³-hybridized carbons (Fsp3) is 0.484. The summed E-state index contributed by atoms with van der Waals surface area (Å²) in [5.74, 6) is 0.838. The van der Waals surface area contributed by atoms with Gasteiger partial charge in [-0.05, 0) is 62.2 Å². The molecule has 0 radical (unpaired) electrons. The summed E-state index contributed by atoms with van der Waals surface area (Å²) in [4.78, 5) is 14.9. The lowest BCUT2D eigenvalue weighted by Gasteiger charge is -2.39. The zero-order chi connectivity index (χ0) is 30.7. The van der Waals surface area contributed by atoms with E-state index in [4.69, 9.17) is 9.16 Å². The Morgan fingerprint density at radius 2 is 1.98 bits per heavy atom. The van der Waals surface area contributed by atoms with Crippen molar-refractivity contribution in [3.63, 3.8) is 0 Å². The molecule has 0 bridgehead atoms. The molecule has 0 aliphatic carbocycles. The van der Waals surface area contributed by atoms with Gasteiger partial charge >= 0.3 is 0 Å². The van der Waals surface area contributed by atoms with Crippen LogP contribution in [0.3, 0.4) is 0 Å². The second kappa shape index (κ2) is 11.1. The molecule has 1 aliphatic rings. The van der Waals surface area contributed by atoms with Crippen LogP contribution < -0.4 is 5.32 Å². The predicted molar refractivity (Wildman–Crippen MR) is 173 cm³/mol. The van der Waals surface area contributed by atoms with Crippen molar-refractivity contribution in [1.29, 1.82) is 0 Å². The maximum Gasteiger partial charge on any atom is 0.192 e. The zero-order valence-corrected chi connectivity index (χ0v) is 27.9. The van der Waals surface area contributed by atoms with Gasteiger partial charge in [0, 0.05) is 42.3 Å². The highest BCUT2D eigenvalue weighted by Gasteiger charge is 2.51. The molecule has 1 N–H and O–H groups in total. The van der Waals surface area contributed by atoms with Crippen LogP contribution in [0.1, 0.15) is 44.0 Å². The molecule has 228 valence electrons. The summed E-state index contributed by atoms with van der Waals surface area (Å²) in [5, 5.41) is 8.49. The summed E-state index contributed by atoms with van der Waals surface area (Å²) < 4.78 is 35.0. The monoisotopic (exact) mass is 621 g/mol. The van der Waals surface area contributed by atoms with Crippen LogP contribution >= 0.6 is 11.3 Å². The van der Waals surface area contributed by atoms with Crippen molar-refractivity contribution in [1.82, 2.24) is 29.3 Å². The largest absolute Gasteiger partial charge is 0.408 e. The summed E-state index contributed by atoms with van der Waals surface area (Å²) in [6, 6.07) is 8.14. The number of aromatic nitrogens is 6. The lowest BCUT2D eigenvalue weighted by Crippen LogP contribution is -2.48. The number of aryl methyl sites for hydroxylation is 3. The highest BCUT2D eigenvalue weighted by molar-refractivity contribution is 7.19. The molecular formula is C31H40FN7O2SSi. The van der Waals surface area contributed by atoms with Gasteiger partial charge in [-0.15, -0.1) is 11.3 Å². The molecule has 12 heteroatoms. The van der Waals surface area contributed by atoms with E-state index >= 15 is 4.39 Å². The minimum Gasteiger partial charge on any atom is -0.408 e. The second-order valence-electron chi connectivity index (χ2n) is 12.9. The minimum absolute atomic E-state index is 0.0752. The first kappa shape index (κ1) is 29.9. The summed E-state index contributed by atoms with van der Waals surface area (Å²) in [6.45, 7) is 12.8. The first-order valence-electron chi connectivity index (χ1n) is 14.7. The second-order valence-corrected chi connectivity index (χ2v) is 18.8. The Hall–Kier alpha value is -3.19. The number of rotatable bonds is 8. The molecule has 1 fully saturated rings. The van der Waals surface area contributed by atoms with Gasteiger partial charge in [0.05, 0.1) is 27.7 Å². The minimum atomic E-state index is -2.32. The third-order valence-corrected chi connectivity index (χ3v) is 14.5. The Kier molecular flexibility index (Phi) is 7.68. The summed E-state index contributed by atoms with van der Waals surface area (Å²) in [6.07, 6.45) is 3.28. The van der Waals surface area contributed by atoms with Gasteiger partial charge in [-0.3, -0.25) is 4.68 Å². The highest BCUT2D eigenvalue weighted by atomic mass is 32.1. The van der Waals surface area contributed by atoms with Crippen molar-refractivity contribution in [2.45, 2.75) is 83.3 Å². The van der Waals surface area contributed by atoms with Gasteiger partial charge in [-0.2, -0.15) is 5.10 Å². The van der Waals surface area contributed by atoms with Crippen LogP contribution in [0.5, 0.6) is 0 Å². The number of ether oxygens (including phenoxy) is 1. The molecule has 0 aromatic carbocycles. The number of hydrogen-bond donors (Lipinski definition) is 1. The van der Waals surface area contributed by atoms with Crippen molar-refractivity contribution in [3.8, 4) is 11.3 Å². The first-order valence-corrected chi connectivity index (χ1v) is 18.5. The van der Waals surface area contributed by atoms with Crippen LogP contribution in [0.2, 0.25) is 18.1 Å². The maximum absolute atomic E-state index is 16.8. The highest BCUT2D eigenvalue weighted by Crippen LogP contribution is 2.45. The fourth-order valence-electron chi connectivity index (χ4n) is 5.51.